The number of benzene rings is 2. The monoisotopic (exact) mass is 459 g/mol. The van der Waals surface area contributed by atoms with Crippen molar-refractivity contribution in [3.05, 3.63) is 63.9 Å². The summed E-state index contributed by atoms with van der Waals surface area (Å²) in [5, 5.41) is 12.4. The maximum absolute atomic E-state index is 13.2. The summed E-state index contributed by atoms with van der Waals surface area (Å²) in [5.74, 6) is 0.716. The lowest BCUT2D eigenvalue weighted by Gasteiger charge is -2.26. The fraction of sp³-hybridized carbons (Fsp3) is 0.286. The summed E-state index contributed by atoms with van der Waals surface area (Å²) in [6.07, 6.45) is 3.35. The van der Waals surface area contributed by atoms with Crippen LogP contribution >= 0.6 is 23.2 Å². The van der Waals surface area contributed by atoms with E-state index < -0.39 is 0 Å². The van der Waals surface area contributed by atoms with Gasteiger partial charge < -0.3 is 10.2 Å². The average Bonchev–Trinajstić information content (AvgIpc) is 2.79. The summed E-state index contributed by atoms with van der Waals surface area (Å²) >= 11 is 12.3. The van der Waals surface area contributed by atoms with Crippen molar-refractivity contribution in [3.8, 4) is 0 Å². The van der Waals surface area contributed by atoms with Crippen LogP contribution in [0.3, 0.4) is 0 Å². The first-order valence-corrected chi connectivity index (χ1v) is 10.7. The van der Waals surface area contributed by atoms with Crippen LogP contribution in [0.25, 0.3) is 0 Å². The number of hydrogen-bond acceptors (Lipinski definition) is 7. The van der Waals surface area contributed by atoms with Crippen LogP contribution in [0, 0.1) is 5.82 Å². The van der Waals surface area contributed by atoms with E-state index in [0.29, 0.717) is 27.6 Å². The Morgan fingerprint density at radius 2 is 1.74 bits per heavy atom. The van der Waals surface area contributed by atoms with E-state index in [-0.39, 0.29) is 18.3 Å². The molecule has 1 fully saturated rings. The zero-order chi connectivity index (χ0) is 21.6. The summed E-state index contributed by atoms with van der Waals surface area (Å²) in [5.41, 5.74) is 1.42. The summed E-state index contributed by atoms with van der Waals surface area (Å²) in [4.78, 5) is 15.4. The smallest absolute Gasteiger partial charge is 0.275 e. The largest absolute Gasteiger partial charge is 0.341 e. The molecule has 0 saturated carbocycles. The molecule has 0 unspecified atom stereocenters. The Morgan fingerprint density at radius 1 is 0.968 bits per heavy atom. The van der Waals surface area contributed by atoms with Gasteiger partial charge >= 0.3 is 0 Å². The first kappa shape index (κ1) is 21.4. The molecule has 1 N–H and O–H groups in total. The number of nitrogens with one attached hydrogen (secondary N) is 1. The molecular weight excluding hydrogens is 440 g/mol. The Labute approximate surface area is 189 Å². The number of anilines is 3. The second-order valence-electron chi connectivity index (χ2n) is 7.05. The normalized spacial score (nSPS) is 14.2. The van der Waals surface area contributed by atoms with E-state index in [0.717, 1.165) is 31.5 Å². The molecule has 31 heavy (non-hydrogen) atoms. The molecule has 3 aromatic rings. The Hall–Kier alpha value is -2.84. The molecule has 1 aliphatic rings. The van der Waals surface area contributed by atoms with E-state index in [1.54, 1.807) is 24.3 Å². The highest BCUT2D eigenvalue weighted by atomic mass is 35.5. The first-order valence-electron chi connectivity index (χ1n) is 9.92. The van der Waals surface area contributed by atoms with Crippen molar-refractivity contribution < 1.29 is 4.39 Å². The van der Waals surface area contributed by atoms with Crippen LogP contribution in [-0.2, 0) is 6.54 Å². The molecule has 2 heterocycles. The van der Waals surface area contributed by atoms with Gasteiger partial charge in [-0.1, -0.05) is 35.3 Å². The molecule has 2 aromatic carbocycles. The van der Waals surface area contributed by atoms with E-state index in [1.165, 1.54) is 18.6 Å². The van der Waals surface area contributed by atoms with Crippen LogP contribution in [0.15, 0.2) is 52.7 Å². The molecular formula is C21H20Cl2FN7. The van der Waals surface area contributed by atoms with Crippen molar-refractivity contribution in [2.75, 3.05) is 23.3 Å². The Bertz CT molecular complexity index is 1070. The SMILES string of the molecule is Fc1ccc(Nc2nc(N=NCc3cccc(Cl)c3Cl)nc(N3CCCCC3)n2)cc1. The van der Waals surface area contributed by atoms with Crippen LogP contribution in [0.5, 0.6) is 0 Å². The minimum Gasteiger partial charge on any atom is -0.341 e. The van der Waals surface area contributed by atoms with Gasteiger partial charge in [-0.05, 0) is 55.2 Å². The van der Waals surface area contributed by atoms with Crippen molar-refractivity contribution in [3.63, 3.8) is 0 Å². The van der Waals surface area contributed by atoms with Crippen LogP contribution in [0.4, 0.5) is 27.9 Å². The van der Waals surface area contributed by atoms with Crippen molar-refractivity contribution in [1.82, 2.24) is 15.0 Å². The zero-order valence-corrected chi connectivity index (χ0v) is 18.1. The van der Waals surface area contributed by atoms with Crippen LogP contribution < -0.4 is 10.2 Å². The van der Waals surface area contributed by atoms with Gasteiger partial charge in [0.25, 0.3) is 5.95 Å². The van der Waals surface area contributed by atoms with Gasteiger partial charge in [0.1, 0.15) is 5.82 Å². The highest BCUT2D eigenvalue weighted by Gasteiger charge is 2.16. The van der Waals surface area contributed by atoms with Gasteiger partial charge in [-0.3, -0.25) is 0 Å². The third kappa shape index (κ3) is 5.65. The molecule has 0 spiro atoms. The molecule has 0 radical (unpaired) electrons. The predicted molar refractivity (Wildman–Crippen MR) is 120 cm³/mol. The molecule has 1 aliphatic heterocycles. The van der Waals surface area contributed by atoms with Crippen LogP contribution in [0.2, 0.25) is 10.0 Å². The fourth-order valence-electron chi connectivity index (χ4n) is 3.20. The number of hydrogen-bond donors (Lipinski definition) is 1. The van der Waals surface area contributed by atoms with E-state index in [4.69, 9.17) is 23.2 Å². The summed E-state index contributed by atoms with van der Waals surface area (Å²) in [6.45, 7) is 1.98. The number of piperidine rings is 1. The molecule has 0 aliphatic carbocycles. The van der Waals surface area contributed by atoms with Crippen molar-refractivity contribution in [2.24, 2.45) is 10.2 Å². The van der Waals surface area contributed by atoms with Crippen molar-refractivity contribution >= 4 is 46.7 Å². The fourth-order valence-corrected chi connectivity index (χ4v) is 3.58. The van der Waals surface area contributed by atoms with Gasteiger partial charge in [0.15, 0.2) is 0 Å². The summed E-state index contributed by atoms with van der Waals surface area (Å²) in [6, 6.07) is 11.3. The topological polar surface area (TPSA) is 78.7 Å². The summed E-state index contributed by atoms with van der Waals surface area (Å²) < 4.78 is 13.2. The lowest BCUT2D eigenvalue weighted by atomic mass is 10.1. The first-order chi connectivity index (χ1) is 15.1. The second kappa shape index (κ2) is 9.98. The third-order valence-electron chi connectivity index (χ3n) is 4.78. The zero-order valence-electron chi connectivity index (χ0n) is 16.6. The Balaban J connectivity index is 1.58. The molecule has 1 aromatic heterocycles. The minimum absolute atomic E-state index is 0.179. The van der Waals surface area contributed by atoms with Crippen molar-refractivity contribution in [1.29, 1.82) is 0 Å². The van der Waals surface area contributed by atoms with E-state index in [2.05, 4.69) is 35.4 Å². The number of rotatable bonds is 6. The molecule has 0 bridgehead atoms. The van der Waals surface area contributed by atoms with Gasteiger partial charge in [-0.2, -0.15) is 20.1 Å². The van der Waals surface area contributed by atoms with Gasteiger partial charge in [0, 0.05) is 18.8 Å². The minimum atomic E-state index is -0.315. The van der Waals surface area contributed by atoms with E-state index in [9.17, 15) is 4.39 Å². The Kier molecular flexibility index (Phi) is 6.89. The lowest BCUT2D eigenvalue weighted by Crippen LogP contribution is -2.31. The number of aromatic nitrogens is 3. The standard InChI is InChI=1S/C21H20Cl2FN7/c22-17-6-4-5-14(18(17)23)13-25-30-20-27-19(26-16-9-7-15(24)8-10-16)28-21(29-20)31-11-2-1-3-12-31/h4-10H,1-3,11-13H2,(H,26,27,28,29). The molecule has 10 heteroatoms. The molecule has 1 saturated heterocycles. The summed E-state index contributed by atoms with van der Waals surface area (Å²) in [7, 11) is 0. The molecule has 160 valence electrons. The molecule has 0 amide bonds. The maximum atomic E-state index is 13.2. The van der Waals surface area contributed by atoms with Crippen molar-refractivity contribution in [2.45, 2.75) is 25.8 Å². The number of halogens is 3. The predicted octanol–water partition coefficient (Wildman–Crippen LogP) is 6.34. The Morgan fingerprint density at radius 3 is 2.52 bits per heavy atom. The quantitative estimate of drug-likeness (QED) is 0.435. The van der Waals surface area contributed by atoms with E-state index >= 15 is 0 Å². The number of nitrogens with zero attached hydrogens (tertiary/aromatic N) is 6. The average molecular weight is 460 g/mol. The maximum Gasteiger partial charge on any atom is 0.275 e. The molecule has 4 rings (SSSR count). The van der Waals surface area contributed by atoms with Crippen LogP contribution in [0.1, 0.15) is 24.8 Å². The number of azo groups is 1. The molecule has 0 atom stereocenters. The van der Waals surface area contributed by atoms with Crippen LogP contribution in [-0.4, -0.2) is 28.0 Å². The highest BCUT2D eigenvalue weighted by molar-refractivity contribution is 6.42. The van der Waals surface area contributed by atoms with E-state index in [1.807, 2.05) is 6.07 Å². The lowest BCUT2D eigenvalue weighted by molar-refractivity contribution is 0.567. The van der Waals surface area contributed by atoms with Gasteiger partial charge in [0.05, 0.1) is 16.6 Å². The second-order valence-corrected chi connectivity index (χ2v) is 7.84. The molecule has 7 nitrogen and oxygen atoms in total. The third-order valence-corrected chi connectivity index (χ3v) is 5.64. The van der Waals surface area contributed by atoms with Gasteiger partial charge in [-0.25, -0.2) is 4.39 Å². The van der Waals surface area contributed by atoms with Gasteiger partial charge in [-0.15, -0.1) is 5.11 Å². The van der Waals surface area contributed by atoms with Gasteiger partial charge in [0.2, 0.25) is 11.9 Å². The highest BCUT2D eigenvalue weighted by Crippen LogP contribution is 2.27.